The third-order valence-corrected chi connectivity index (χ3v) is 3.16. The Labute approximate surface area is 110 Å². The highest BCUT2D eigenvalue weighted by Crippen LogP contribution is 2.15. The molecule has 1 fully saturated rings. The molecule has 1 atom stereocenters. The van der Waals surface area contributed by atoms with Crippen LogP contribution in [0, 0.1) is 5.82 Å². The average Bonchev–Trinajstić information content (AvgIpc) is 2.87. The fourth-order valence-electron chi connectivity index (χ4n) is 1.95. The van der Waals surface area contributed by atoms with E-state index >= 15 is 0 Å². The molecule has 1 aromatic rings. The standard InChI is InChI=1S/C13H15ClFNO2/c14-10-3-4-11(15)9(8-10)5-6-16-13(17)12-2-1-7-18-12/h3-4,8,12H,1-2,5-7H2,(H,16,17). The number of carbonyl (C=O) groups excluding carboxylic acids is 1. The SMILES string of the molecule is O=C(NCCc1cc(Cl)ccc1F)C1CCCO1. The van der Waals surface area contributed by atoms with E-state index in [1.54, 1.807) is 6.07 Å². The summed E-state index contributed by atoms with van der Waals surface area (Å²) in [5, 5.41) is 3.24. The van der Waals surface area contributed by atoms with Gasteiger partial charge in [0, 0.05) is 18.2 Å². The highest BCUT2D eigenvalue weighted by atomic mass is 35.5. The number of hydrogen-bond acceptors (Lipinski definition) is 2. The summed E-state index contributed by atoms with van der Waals surface area (Å²) in [5.74, 6) is -0.416. The second-order valence-corrected chi connectivity index (χ2v) is 4.71. The number of hydrogen-bond donors (Lipinski definition) is 1. The predicted octanol–water partition coefficient (Wildman–Crippen LogP) is 2.32. The molecule has 1 aromatic carbocycles. The minimum absolute atomic E-state index is 0.116. The summed E-state index contributed by atoms with van der Waals surface area (Å²) in [6.45, 7) is 1.02. The first kappa shape index (κ1) is 13.3. The molecule has 0 bridgehead atoms. The van der Waals surface area contributed by atoms with Gasteiger partial charge in [-0.05, 0) is 43.0 Å². The fourth-order valence-corrected chi connectivity index (χ4v) is 2.15. The van der Waals surface area contributed by atoms with Gasteiger partial charge in [0.25, 0.3) is 0 Å². The van der Waals surface area contributed by atoms with E-state index in [9.17, 15) is 9.18 Å². The second-order valence-electron chi connectivity index (χ2n) is 4.28. The number of nitrogens with one attached hydrogen (secondary N) is 1. The van der Waals surface area contributed by atoms with Crippen LogP contribution < -0.4 is 5.32 Å². The van der Waals surface area contributed by atoms with Crippen LogP contribution in [0.5, 0.6) is 0 Å². The van der Waals surface area contributed by atoms with Crippen molar-refractivity contribution >= 4 is 17.5 Å². The molecule has 5 heteroatoms. The monoisotopic (exact) mass is 271 g/mol. The van der Waals surface area contributed by atoms with Crippen molar-refractivity contribution in [1.29, 1.82) is 0 Å². The van der Waals surface area contributed by atoms with Crippen LogP contribution in [-0.4, -0.2) is 25.2 Å². The summed E-state index contributed by atoms with van der Waals surface area (Å²) in [6, 6.07) is 4.42. The minimum atomic E-state index is -0.339. The zero-order valence-corrected chi connectivity index (χ0v) is 10.7. The predicted molar refractivity (Wildman–Crippen MR) is 67.1 cm³/mol. The van der Waals surface area contributed by atoms with Gasteiger partial charge in [0.15, 0.2) is 0 Å². The summed E-state index contributed by atoms with van der Waals surface area (Å²) in [4.78, 5) is 11.6. The lowest BCUT2D eigenvalue weighted by molar-refractivity contribution is -0.129. The van der Waals surface area contributed by atoms with Gasteiger partial charge in [0.05, 0.1) is 0 Å². The number of rotatable bonds is 4. The average molecular weight is 272 g/mol. The van der Waals surface area contributed by atoms with Crippen molar-refractivity contribution < 1.29 is 13.9 Å². The molecule has 1 amide bonds. The van der Waals surface area contributed by atoms with E-state index in [0.29, 0.717) is 30.2 Å². The van der Waals surface area contributed by atoms with Crippen LogP contribution >= 0.6 is 11.6 Å². The van der Waals surface area contributed by atoms with E-state index in [1.807, 2.05) is 0 Å². The smallest absolute Gasteiger partial charge is 0.249 e. The Kier molecular flexibility index (Phi) is 4.55. The van der Waals surface area contributed by atoms with Crippen LogP contribution in [0.3, 0.4) is 0 Å². The zero-order chi connectivity index (χ0) is 13.0. The first-order valence-electron chi connectivity index (χ1n) is 6.00. The third-order valence-electron chi connectivity index (χ3n) is 2.92. The summed E-state index contributed by atoms with van der Waals surface area (Å²) >= 11 is 5.79. The number of benzene rings is 1. The van der Waals surface area contributed by atoms with Gasteiger partial charge in [0.1, 0.15) is 11.9 Å². The van der Waals surface area contributed by atoms with Gasteiger partial charge in [-0.2, -0.15) is 0 Å². The molecule has 2 rings (SSSR count). The van der Waals surface area contributed by atoms with Crippen molar-refractivity contribution in [2.75, 3.05) is 13.2 Å². The molecule has 1 N–H and O–H groups in total. The van der Waals surface area contributed by atoms with E-state index in [1.165, 1.54) is 12.1 Å². The molecule has 0 aliphatic carbocycles. The summed E-state index contributed by atoms with van der Waals surface area (Å²) < 4.78 is 18.7. The number of carbonyl (C=O) groups is 1. The summed E-state index contributed by atoms with van der Waals surface area (Å²) in [7, 11) is 0. The topological polar surface area (TPSA) is 38.3 Å². The number of ether oxygens (including phenoxy) is 1. The highest BCUT2D eigenvalue weighted by molar-refractivity contribution is 6.30. The molecule has 1 unspecified atom stereocenters. The number of halogens is 2. The van der Waals surface area contributed by atoms with Crippen LogP contribution in [-0.2, 0) is 16.0 Å². The molecule has 3 nitrogen and oxygen atoms in total. The normalized spacial score (nSPS) is 18.9. The Bertz CT molecular complexity index is 433. The van der Waals surface area contributed by atoms with Gasteiger partial charge in [0.2, 0.25) is 5.91 Å². The Hall–Kier alpha value is -1.13. The minimum Gasteiger partial charge on any atom is -0.368 e. The van der Waals surface area contributed by atoms with Crippen LogP contribution in [0.2, 0.25) is 5.02 Å². The lowest BCUT2D eigenvalue weighted by Gasteiger charge is -2.10. The van der Waals surface area contributed by atoms with Crippen LogP contribution in [0.4, 0.5) is 4.39 Å². The van der Waals surface area contributed by atoms with Gasteiger partial charge in [-0.25, -0.2) is 4.39 Å². The van der Waals surface area contributed by atoms with Crippen LogP contribution in [0.25, 0.3) is 0 Å². The fraction of sp³-hybridized carbons (Fsp3) is 0.462. The molecule has 1 aliphatic heterocycles. The van der Waals surface area contributed by atoms with Crippen molar-refractivity contribution in [3.8, 4) is 0 Å². The van der Waals surface area contributed by atoms with E-state index in [-0.39, 0.29) is 17.8 Å². The van der Waals surface area contributed by atoms with Gasteiger partial charge in [-0.1, -0.05) is 11.6 Å². The molecule has 0 spiro atoms. The molecule has 1 heterocycles. The summed E-state index contributed by atoms with van der Waals surface area (Å²) in [5.41, 5.74) is 0.509. The molecular weight excluding hydrogens is 257 g/mol. The van der Waals surface area contributed by atoms with Gasteiger partial charge >= 0.3 is 0 Å². The first-order chi connectivity index (χ1) is 8.66. The molecule has 0 saturated carbocycles. The Morgan fingerprint density at radius 1 is 1.56 bits per heavy atom. The maximum Gasteiger partial charge on any atom is 0.249 e. The molecule has 18 heavy (non-hydrogen) atoms. The maximum absolute atomic E-state index is 13.4. The largest absolute Gasteiger partial charge is 0.368 e. The first-order valence-corrected chi connectivity index (χ1v) is 6.38. The molecule has 0 aromatic heterocycles. The highest BCUT2D eigenvalue weighted by Gasteiger charge is 2.22. The Balaban J connectivity index is 1.81. The van der Waals surface area contributed by atoms with E-state index in [0.717, 1.165) is 12.8 Å². The van der Waals surface area contributed by atoms with Crippen LogP contribution in [0.1, 0.15) is 18.4 Å². The number of amides is 1. The maximum atomic E-state index is 13.4. The second kappa shape index (κ2) is 6.16. The van der Waals surface area contributed by atoms with Crippen molar-refractivity contribution in [3.05, 3.63) is 34.6 Å². The molecule has 1 aliphatic rings. The lowest BCUT2D eigenvalue weighted by Crippen LogP contribution is -2.35. The van der Waals surface area contributed by atoms with Crippen molar-refractivity contribution in [2.45, 2.75) is 25.4 Å². The Morgan fingerprint density at radius 2 is 2.39 bits per heavy atom. The van der Waals surface area contributed by atoms with Crippen molar-refractivity contribution in [2.24, 2.45) is 0 Å². The van der Waals surface area contributed by atoms with Crippen LogP contribution in [0.15, 0.2) is 18.2 Å². The van der Waals surface area contributed by atoms with E-state index < -0.39 is 0 Å². The molecule has 98 valence electrons. The van der Waals surface area contributed by atoms with Crippen molar-refractivity contribution in [3.63, 3.8) is 0 Å². The molecule has 0 radical (unpaired) electrons. The molecule has 1 saturated heterocycles. The quantitative estimate of drug-likeness (QED) is 0.913. The van der Waals surface area contributed by atoms with Gasteiger partial charge in [-0.15, -0.1) is 0 Å². The van der Waals surface area contributed by atoms with E-state index in [2.05, 4.69) is 5.32 Å². The zero-order valence-electron chi connectivity index (χ0n) is 9.92. The lowest BCUT2D eigenvalue weighted by atomic mass is 10.1. The summed E-state index contributed by atoms with van der Waals surface area (Å²) in [6.07, 6.45) is 1.76. The Morgan fingerprint density at radius 3 is 3.11 bits per heavy atom. The van der Waals surface area contributed by atoms with Crippen molar-refractivity contribution in [1.82, 2.24) is 5.32 Å². The van der Waals surface area contributed by atoms with Gasteiger partial charge < -0.3 is 10.1 Å². The van der Waals surface area contributed by atoms with E-state index in [4.69, 9.17) is 16.3 Å². The third kappa shape index (κ3) is 3.43. The van der Waals surface area contributed by atoms with Gasteiger partial charge in [-0.3, -0.25) is 4.79 Å². The molecular formula is C13H15ClFNO2.